The minimum Gasteiger partial charge on any atom is -0.493 e. The number of rotatable bonds is 4. The van der Waals surface area contributed by atoms with Gasteiger partial charge in [-0.2, -0.15) is 0 Å². The van der Waals surface area contributed by atoms with E-state index in [1.807, 2.05) is 42.5 Å². The van der Waals surface area contributed by atoms with Gasteiger partial charge in [-0.05, 0) is 22.4 Å². The van der Waals surface area contributed by atoms with Crippen molar-refractivity contribution in [2.24, 2.45) is 0 Å². The number of carbonyl (C=O) groups is 1. The molecular weight excluding hydrogens is 312 g/mol. The number of urea groups is 1. The molecule has 2 amide bonds. The van der Waals surface area contributed by atoms with Gasteiger partial charge in [-0.3, -0.25) is 0 Å². The highest BCUT2D eigenvalue weighted by atomic mass is 16.5. The van der Waals surface area contributed by atoms with E-state index in [2.05, 4.69) is 34.9 Å². The first kappa shape index (κ1) is 15.5. The minimum atomic E-state index is -0.155. The molecule has 1 atom stereocenters. The maximum absolute atomic E-state index is 12.2. The van der Waals surface area contributed by atoms with Crippen molar-refractivity contribution in [2.45, 2.75) is 12.5 Å². The van der Waals surface area contributed by atoms with Gasteiger partial charge in [-0.25, -0.2) is 4.79 Å². The molecule has 25 heavy (non-hydrogen) atoms. The molecule has 0 unspecified atom stereocenters. The van der Waals surface area contributed by atoms with Crippen LogP contribution in [0.25, 0.3) is 10.8 Å². The van der Waals surface area contributed by atoms with E-state index < -0.39 is 0 Å². The lowest BCUT2D eigenvalue weighted by Crippen LogP contribution is -2.37. The van der Waals surface area contributed by atoms with Gasteiger partial charge >= 0.3 is 6.03 Å². The van der Waals surface area contributed by atoms with E-state index in [0.29, 0.717) is 19.7 Å². The van der Waals surface area contributed by atoms with Crippen LogP contribution < -0.4 is 15.4 Å². The van der Waals surface area contributed by atoms with Gasteiger partial charge in [0.25, 0.3) is 0 Å². The first-order valence-corrected chi connectivity index (χ1v) is 8.51. The van der Waals surface area contributed by atoms with Crippen molar-refractivity contribution < 1.29 is 9.53 Å². The quantitative estimate of drug-likeness (QED) is 0.763. The summed E-state index contributed by atoms with van der Waals surface area (Å²) in [5, 5.41) is 8.25. The van der Waals surface area contributed by atoms with Crippen LogP contribution in [0.5, 0.6) is 5.75 Å². The molecule has 1 aliphatic rings. The summed E-state index contributed by atoms with van der Waals surface area (Å²) in [6.45, 7) is 1.69. The molecule has 1 aliphatic heterocycles. The van der Waals surface area contributed by atoms with Crippen molar-refractivity contribution >= 4 is 16.8 Å². The van der Waals surface area contributed by atoms with Crippen LogP contribution in [-0.4, -0.2) is 19.2 Å². The summed E-state index contributed by atoms with van der Waals surface area (Å²) in [7, 11) is 0. The van der Waals surface area contributed by atoms with Crippen LogP contribution in [0.3, 0.4) is 0 Å². The average Bonchev–Trinajstić information content (AvgIpc) is 3.08. The molecule has 0 bridgehead atoms. The van der Waals surface area contributed by atoms with E-state index in [1.54, 1.807) is 0 Å². The molecule has 0 aromatic heterocycles. The predicted octanol–water partition coefficient (Wildman–Crippen LogP) is 3.82. The second-order valence-electron chi connectivity index (χ2n) is 6.25. The third-order valence-corrected chi connectivity index (χ3v) is 4.63. The van der Waals surface area contributed by atoms with E-state index in [1.165, 1.54) is 10.8 Å². The van der Waals surface area contributed by atoms with Gasteiger partial charge in [0.05, 0.1) is 6.61 Å². The minimum absolute atomic E-state index is 0.155. The van der Waals surface area contributed by atoms with E-state index in [9.17, 15) is 4.79 Å². The van der Waals surface area contributed by atoms with E-state index >= 15 is 0 Å². The van der Waals surface area contributed by atoms with Gasteiger partial charge in [0.2, 0.25) is 0 Å². The van der Waals surface area contributed by atoms with Crippen LogP contribution in [-0.2, 0) is 6.54 Å². The van der Waals surface area contributed by atoms with Crippen molar-refractivity contribution in [1.82, 2.24) is 10.6 Å². The van der Waals surface area contributed by atoms with E-state index in [4.69, 9.17) is 4.74 Å². The van der Waals surface area contributed by atoms with Crippen molar-refractivity contribution in [3.63, 3.8) is 0 Å². The number of nitrogens with one attached hydrogen (secondary N) is 2. The zero-order valence-corrected chi connectivity index (χ0v) is 13.9. The molecule has 2 N–H and O–H groups in total. The Morgan fingerprint density at radius 3 is 2.72 bits per heavy atom. The molecule has 126 valence electrons. The van der Waals surface area contributed by atoms with Crippen LogP contribution in [0.2, 0.25) is 0 Å². The number of fused-ring (bicyclic) bond motifs is 2. The summed E-state index contributed by atoms with van der Waals surface area (Å²) in [6, 6.07) is 22.2. The number of ether oxygens (including phenoxy) is 1. The van der Waals surface area contributed by atoms with Gasteiger partial charge in [0.1, 0.15) is 5.75 Å². The summed E-state index contributed by atoms with van der Waals surface area (Å²) in [4.78, 5) is 12.2. The first-order valence-electron chi connectivity index (χ1n) is 8.51. The van der Waals surface area contributed by atoms with Gasteiger partial charge in [0, 0.05) is 24.6 Å². The SMILES string of the molecule is O=C(NCc1cccc2ccccc12)NC[C@H]1COc2ccccc21. The summed E-state index contributed by atoms with van der Waals surface area (Å²) in [6.07, 6.45) is 0. The Morgan fingerprint density at radius 2 is 1.76 bits per heavy atom. The van der Waals surface area contributed by atoms with Crippen molar-refractivity contribution in [2.75, 3.05) is 13.2 Å². The van der Waals surface area contributed by atoms with Crippen LogP contribution in [0, 0.1) is 0 Å². The Morgan fingerprint density at radius 1 is 0.960 bits per heavy atom. The smallest absolute Gasteiger partial charge is 0.315 e. The fraction of sp³-hybridized carbons (Fsp3) is 0.190. The zero-order chi connectivity index (χ0) is 17.1. The highest BCUT2D eigenvalue weighted by Gasteiger charge is 2.23. The molecule has 0 aliphatic carbocycles. The second kappa shape index (κ2) is 6.85. The highest BCUT2D eigenvalue weighted by Crippen LogP contribution is 2.32. The Balaban J connectivity index is 1.34. The predicted molar refractivity (Wildman–Crippen MR) is 98.9 cm³/mol. The molecule has 4 rings (SSSR count). The molecule has 4 nitrogen and oxygen atoms in total. The van der Waals surface area contributed by atoms with Crippen molar-refractivity contribution in [1.29, 1.82) is 0 Å². The molecule has 3 aromatic rings. The lowest BCUT2D eigenvalue weighted by molar-refractivity contribution is 0.238. The monoisotopic (exact) mass is 332 g/mol. The molecular formula is C21H20N2O2. The van der Waals surface area contributed by atoms with Crippen LogP contribution in [0.4, 0.5) is 4.79 Å². The first-order chi connectivity index (χ1) is 12.3. The maximum atomic E-state index is 12.2. The van der Waals surface area contributed by atoms with Crippen LogP contribution >= 0.6 is 0 Å². The van der Waals surface area contributed by atoms with E-state index in [0.717, 1.165) is 16.9 Å². The van der Waals surface area contributed by atoms with Crippen molar-refractivity contribution in [3.05, 3.63) is 77.9 Å². The summed E-state index contributed by atoms with van der Waals surface area (Å²) in [5.41, 5.74) is 2.28. The molecule has 0 saturated heterocycles. The normalized spacial score (nSPS) is 15.4. The molecule has 4 heteroatoms. The maximum Gasteiger partial charge on any atom is 0.315 e. The zero-order valence-electron chi connectivity index (χ0n) is 13.9. The number of hydrogen-bond donors (Lipinski definition) is 2. The summed E-state index contributed by atoms with van der Waals surface area (Å²) in [5.74, 6) is 1.13. The molecule has 0 saturated carbocycles. The number of carbonyl (C=O) groups excluding carboxylic acids is 1. The number of amides is 2. The number of para-hydroxylation sites is 1. The lowest BCUT2D eigenvalue weighted by atomic mass is 10.0. The highest BCUT2D eigenvalue weighted by molar-refractivity contribution is 5.86. The number of benzene rings is 3. The third-order valence-electron chi connectivity index (χ3n) is 4.63. The number of hydrogen-bond acceptors (Lipinski definition) is 2. The topological polar surface area (TPSA) is 50.4 Å². The van der Waals surface area contributed by atoms with Crippen molar-refractivity contribution in [3.8, 4) is 5.75 Å². The second-order valence-corrected chi connectivity index (χ2v) is 6.25. The largest absolute Gasteiger partial charge is 0.493 e. The third kappa shape index (κ3) is 3.29. The molecule has 3 aromatic carbocycles. The lowest BCUT2D eigenvalue weighted by Gasteiger charge is -2.12. The van der Waals surface area contributed by atoms with Crippen LogP contribution in [0.15, 0.2) is 66.7 Å². The Labute approximate surface area is 146 Å². The van der Waals surface area contributed by atoms with Crippen LogP contribution in [0.1, 0.15) is 17.0 Å². The molecule has 0 fully saturated rings. The standard InChI is InChI=1S/C21H20N2O2/c24-21(23-13-17-14-25-20-11-4-3-10-19(17)20)22-12-16-8-5-7-15-6-1-2-9-18(15)16/h1-11,17H,12-14H2,(H2,22,23,24)/t17-/m0/s1. The summed E-state index contributed by atoms with van der Waals surface area (Å²) >= 11 is 0. The fourth-order valence-corrected chi connectivity index (χ4v) is 3.30. The van der Waals surface area contributed by atoms with Gasteiger partial charge in [0.15, 0.2) is 0 Å². The Bertz CT molecular complexity index is 902. The Hall–Kier alpha value is -3.01. The van der Waals surface area contributed by atoms with Gasteiger partial charge < -0.3 is 15.4 Å². The Kier molecular flexibility index (Phi) is 4.25. The van der Waals surface area contributed by atoms with E-state index in [-0.39, 0.29) is 11.9 Å². The van der Waals surface area contributed by atoms with Gasteiger partial charge in [-0.15, -0.1) is 0 Å². The molecule has 1 heterocycles. The summed E-state index contributed by atoms with van der Waals surface area (Å²) < 4.78 is 5.65. The fourth-order valence-electron chi connectivity index (χ4n) is 3.30. The average molecular weight is 332 g/mol. The molecule has 0 radical (unpaired) electrons. The van der Waals surface area contributed by atoms with Gasteiger partial charge in [-0.1, -0.05) is 60.7 Å². The molecule has 0 spiro atoms.